The standard InChI is InChI=1S/C16H31N3O2.ClH/c1-3-16(4-2,13-17)15(21)18-10-9-14(20)19-11-7-5-6-8-12-19;/h3-13,17H2,1-2H3,(H,18,21);1H. The van der Waals surface area contributed by atoms with Crippen molar-refractivity contribution in [3.8, 4) is 0 Å². The fraction of sp³-hybridized carbons (Fsp3) is 0.875. The average molecular weight is 334 g/mol. The van der Waals surface area contributed by atoms with E-state index in [2.05, 4.69) is 5.32 Å². The number of nitrogens with zero attached hydrogens (tertiary/aromatic N) is 1. The van der Waals surface area contributed by atoms with Gasteiger partial charge >= 0.3 is 0 Å². The van der Waals surface area contributed by atoms with Crippen molar-refractivity contribution in [1.29, 1.82) is 0 Å². The van der Waals surface area contributed by atoms with Crippen molar-refractivity contribution in [1.82, 2.24) is 10.2 Å². The summed E-state index contributed by atoms with van der Waals surface area (Å²) in [4.78, 5) is 26.3. The van der Waals surface area contributed by atoms with E-state index in [-0.39, 0.29) is 24.2 Å². The molecule has 1 aliphatic heterocycles. The van der Waals surface area contributed by atoms with Crippen LogP contribution in [0.25, 0.3) is 0 Å². The van der Waals surface area contributed by atoms with Gasteiger partial charge in [0, 0.05) is 32.6 Å². The lowest BCUT2D eigenvalue weighted by atomic mass is 9.81. The van der Waals surface area contributed by atoms with Crippen LogP contribution in [0.5, 0.6) is 0 Å². The number of hydrogen-bond donors (Lipinski definition) is 2. The summed E-state index contributed by atoms with van der Waals surface area (Å²) in [6, 6.07) is 0. The zero-order chi connectivity index (χ0) is 15.7. The Morgan fingerprint density at radius 1 is 1.09 bits per heavy atom. The number of nitrogens with two attached hydrogens (primary N) is 1. The Labute approximate surface area is 140 Å². The highest BCUT2D eigenvalue weighted by molar-refractivity contribution is 5.85. The molecule has 0 unspecified atom stereocenters. The van der Waals surface area contributed by atoms with Gasteiger partial charge in [-0.25, -0.2) is 0 Å². The Morgan fingerprint density at radius 3 is 2.09 bits per heavy atom. The van der Waals surface area contributed by atoms with Crippen molar-refractivity contribution in [2.24, 2.45) is 11.1 Å². The predicted octanol–water partition coefficient (Wildman–Crippen LogP) is 2.08. The molecule has 0 saturated carbocycles. The lowest BCUT2D eigenvalue weighted by Crippen LogP contribution is -2.46. The van der Waals surface area contributed by atoms with Crippen LogP contribution in [-0.2, 0) is 9.59 Å². The summed E-state index contributed by atoms with van der Waals surface area (Å²) in [5.41, 5.74) is 5.28. The second-order valence-corrected chi connectivity index (χ2v) is 5.99. The highest BCUT2D eigenvalue weighted by Gasteiger charge is 2.33. The number of amides is 2. The molecule has 1 aliphatic rings. The van der Waals surface area contributed by atoms with E-state index >= 15 is 0 Å². The van der Waals surface area contributed by atoms with Crippen LogP contribution in [0.1, 0.15) is 58.8 Å². The van der Waals surface area contributed by atoms with Crippen LogP contribution in [0.2, 0.25) is 0 Å². The van der Waals surface area contributed by atoms with Gasteiger partial charge in [0.05, 0.1) is 5.41 Å². The summed E-state index contributed by atoms with van der Waals surface area (Å²) in [7, 11) is 0. The van der Waals surface area contributed by atoms with Gasteiger partial charge in [-0.05, 0) is 25.7 Å². The van der Waals surface area contributed by atoms with Gasteiger partial charge in [-0.1, -0.05) is 26.7 Å². The highest BCUT2D eigenvalue weighted by atomic mass is 35.5. The second-order valence-electron chi connectivity index (χ2n) is 5.99. The minimum absolute atomic E-state index is 0. The van der Waals surface area contributed by atoms with Crippen molar-refractivity contribution < 1.29 is 9.59 Å². The van der Waals surface area contributed by atoms with Gasteiger partial charge in [-0.2, -0.15) is 0 Å². The molecule has 0 aromatic heterocycles. The topological polar surface area (TPSA) is 75.4 Å². The zero-order valence-electron chi connectivity index (χ0n) is 14.0. The molecule has 0 aromatic rings. The molecule has 22 heavy (non-hydrogen) atoms. The highest BCUT2D eigenvalue weighted by Crippen LogP contribution is 2.24. The van der Waals surface area contributed by atoms with Gasteiger partial charge < -0.3 is 16.0 Å². The first-order valence-electron chi connectivity index (χ1n) is 8.35. The molecule has 6 heteroatoms. The molecule has 0 spiro atoms. The SMILES string of the molecule is CCC(CC)(CN)C(=O)NCCC(=O)N1CCCCCC1.Cl. The molecule has 1 rings (SSSR count). The Bertz CT molecular complexity index is 330. The predicted molar refractivity (Wildman–Crippen MR) is 92.0 cm³/mol. The van der Waals surface area contributed by atoms with E-state index in [0.717, 1.165) is 38.8 Å². The van der Waals surface area contributed by atoms with Crippen LogP contribution >= 0.6 is 12.4 Å². The number of rotatable bonds is 7. The quantitative estimate of drug-likeness (QED) is 0.749. The minimum Gasteiger partial charge on any atom is -0.355 e. The molecular formula is C16H32ClN3O2. The van der Waals surface area contributed by atoms with Crippen LogP contribution in [0.15, 0.2) is 0 Å². The fourth-order valence-electron chi connectivity index (χ4n) is 2.90. The van der Waals surface area contributed by atoms with E-state index in [1.807, 2.05) is 18.7 Å². The van der Waals surface area contributed by atoms with Crippen molar-refractivity contribution in [3.63, 3.8) is 0 Å². The van der Waals surface area contributed by atoms with Crippen molar-refractivity contribution in [2.45, 2.75) is 58.8 Å². The number of hydrogen-bond acceptors (Lipinski definition) is 3. The summed E-state index contributed by atoms with van der Waals surface area (Å²) in [5, 5.41) is 2.90. The minimum atomic E-state index is -0.481. The molecule has 0 aliphatic carbocycles. The van der Waals surface area contributed by atoms with Gasteiger partial charge in [0.25, 0.3) is 0 Å². The van der Waals surface area contributed by atoms with E-state index in [0.29, 0.717) is 19.5 Å². The first-order chi connectivity index (χ1) is 10.1. The van der Waals surface area contributed by atoms with Crippen molar-refractivity contribution in [3.05, 3.63) is 0 Å². The largest absolute Gasteiger partial charge is 0.355 e. The number of carbonyl (C=O) groups is 2. The molecule has 0 bridgehead atoms. The van der Waals surface area contributed by atoms with E-state index in [1.165, 1.54) is 12.8 Å². The van der Waals surface area contributed by atoms with Crippen LogP contribution in [0, 0.1) is 5.41 Å². The van der Waals surface area contributed by atoms with E-state index < -0.39 is 5.41 Å². The Morgan fingerprint density at radius 2 is 1.64 bits per heavy atom. The van der Waals surface area contributed by atoms with Crippen LogP contribution in [-0.4, -0.2) is 42.9 Å². The van der Waals surface area contributed by atoms with E-state index in [4.69, 9.17) is 5.73 Å². The third-order valence-electron chi connectivity index (χ3n) is 4.81. The van der Waals surface area contributed by atoms with Gasteiger partial charge in [0.2, 0.25) is 11.8 Å². The van der Waals surface area contributed by atoms with Crippen LogP contribution in [0.4, 0.5) is 0 Å². The van der Waals surface area contributed by atoms with E-state index in [9.17, 15) is 9.59 Å². The first kappa shape index (κ1) is 21.2. The lowest BCUT2D eigenvalue weighted by molar-refractivity contribution is -0.132. The normalized spacial score (nSPS) is 15.7. The fourth-order valence-corrected chi connectivity index (χ4v) is 2.90. The Hall–Kier alpha value is -0.810. The molecule has 5 nitrogen and oxygen atoms in total. The monoisotopic (exact) mass is 333 g/mol. The Balaban J connectivity index is 0.00000441. The van der Waals surface area contributed by atoms with Crippen molar-refractivity contribution >= 4 is 24.2 Å². The molecule has 1 heterocycles. The zero-order valence-corrected chi connectivity index (χ0v) is 14.8. The summed E-state index contributed by atoms with van der Waals surface area (Å²) >= 11 is 0. The summed E-state index contributed by atoms with van der Waals surface area (Å²) < 4.78 is 0. The third-order valence-corrected chi connectivity index (χ3v) is 4.81. The smallest absolute Gasteiger partial charge is 0.227 e. The molecule has 3 N–H and O–H groups in total. The Kier molecular flexibility index (Phi) is 10.4. The first-order valence-corrected chi connectivity index (χ1v) is 8.35. The summed E-state index contributed by atoms with van der Waals surface area (Å²) in [6.45, 7) is 6.46. The molecule has 2 amide bonds. The maximum atomic E-state index is 12.3. The number of nitrogens with one attached hydrogen (secondary N) is 1. The van der Waals surface area contributed by atoms with E-state index in [1.54, 1.807) is 0 Å². The van der Waals surface area contributed by atoms with Crippen LogP contribution in [0.3, 0.4) is 0 Å². The lowest BCUT2D eigenvalue weighted by Gasteiger charge is -2.28. The third kappa shape index (κ3) is 5.76. The number of likely N-dealkylation sites (tertiary alicyclic amines) is 1. The maximum Gasteiger partial charge on any atom is 0.227 e. The van der Waals surface area contributed by atoms with Gasteiger partial charge in [0.1, 0.15) is 0 Å². The summed E-state index contributed by atoms with van der Waals surface area (Å²) in [5.74, 6) is 0.141. The van der Waals surface area contributed by atoms with Gasteiger partial charge in [-0.3, -0.25) is 9.59 Å². The maximum absolute atomic E-state index is 12.3. The number of halogens is 1. The molecule has 1 saturated heterocycles. The average Bonchev–Trinajstić information content (AvgIpc) is 2.78. The molecule has 0 aromatic carbocycles. The second kappa shape index (κ2) is 10.8. The molecule has 0 radical (unpaired) electrons. The molecular weight excluding hydrogens is 302 g/mol. The molecule has 0 atom stereocenters. The van der Waals surface area contributed by atoms with Crippen molar-refractivity contribution in [2.75, 3.05) is 26.2 Å². The molecule has 1 fully saturated rings. The molecule has 130 valence electrons. The van der Waals surface area contributed by atoms with Gasteiger partial charge in [0.15, 0.2) is 0 Å². The van der Waals surface area contributed by atoms with Gasteiger partial charge in [-0.15, -0.1) is 12.4 Å². The van der Waals surface area contributed by atoms with Crippen LogP contribution < -0.4 is 11.1 Å². The number of carbonyl (C=O) groups excluding carboxylic acids is 2. The summed E-state index contributed by atoms with van der Waals surface area (Å²) in [6.07, 6.45) is 6.47.